The zero-order valence-electron chi connectivity index (χ0n) is 8.33. The molecule has 0 unspecified atom stereocenters. The largest absolute Gasteiger partial charge is 0.465 e. The number of carbonyl (C=O) groups is 1. The Morgan fingerprint density at radius 3 is 2.64 bits per heavy atom. The lowest BCUT2D eigenvalue weighted by atomic mass is 10.0. The molecule has 0 aromatic heterocycles. The highest BCUT2D eigenvalue weighted by Crippen LogP contribution is 2.23. The van der Waals surface area contributed by atoms with Crippen LogP contribution in [-0.2, 0) is 4.74 Å². The van der Waals surface area contributed by atoms with Crippen molar-refractivity contribution >= 4 is 17.2 Å². The molecule has 0 saturated carbocycles. The van der Waals surface area contributed by atoms with Gasteiger partial charge in [-0.2, -0.15) is 0 Å². The summed E-state index contributed by atoms with van der Waals surface area (Å²) in [5, 5.41) is 0. The van der Waals surface area contributed by atoms with E-state index >= 15 is 0 Å². The van der Waals surface area contributed by atoms with Crippen molar-refractivity contribution in [1.29, 1.82) is 0 Å². The van der Waals surface area contributed by atoms with E-state index in [1.807, 2.05) is 6.92 Å². The molecule has 0 saturated heterocycles. The number of nitrogens with two attached hydrogens (primary N) is 1. The van der Waals surface area contributed by atoms with Crippen molar-refractivity contribution in [3.05, 3.63) is 35.9 Å². The molecule has 0 aliphatic carbocycles. The van der Waals surface area contributed by atoms with E-state index in [2.05, 4.69) is 11.3 Å². The Kier molecular flexibility index (Phi) is 2.92. The minimum Gasteiger partial charge on any atom is -0.465 e. The maximum Gasteiger partial charge on any atom is 0.340 e. The molecule has 0 aliphatic heterocycles. The van der Waals surface area contributed by atoms with E-state index in [1.165, 1.54) is 7.11 Å². The van der Waals surface area contributed by atoms with Crippen LogP contribution in [0.25, 0.3) is 5.57 Å². The van der Waals surface area contributed by atoms with Gasteiger partial charge in [0.25, 0.3) is 0 Å². The second kappa shape index (κ2) is 3.96. The molecule has 0 fully saturated rings. The van der Waals surface area contributed by atoms with Crippen molar-refractivity contribution in [2.24, 2.45) is 0 Å². The molecule has 0 aliphatic rings. The second-order valence-electron chi connectivity index (χ2n) is 3.04. The molecular formula is C11H13NO2. The van der Waals surface area contributed by atoms with Crippen molar-refractivity contribution in [2.75, 3.05) is 12.8 Å². The van der Waals surface area contributed by atoms with Gasteiger partial charge in [0.2, 0.25) is 0 Å². The number of carbonyl (C=O) groups excluding carboxylic acids is 1. The molecule has 14 heavy (non-hydrogen) atoms. The molecule has 1 rings (SSSR count). The van der Waals surface area contributed by atoms with Gasteiger partial charge in [-0.15, -0.1) is 0 Å². The second-order valence-corrected chi connectivity index (χ2v) is 3.04. The van der Waals surface area contributed by atoms with Gasteiger partial charge in [0.1, 0.15) is 0 Å². The van der Waals surface area contributed by atoms with Gasteiger partial charge in [-0.25, -0.2) is 4.79 Å². The lowest BCUT2D eigenvalue weighted by molar-refractivity contribution is 0.0601. The summed E-state index contributed by atoms with van der Waals surface area (Å²) in [6.45, 7) is 5.60. The van der Waals surface area contributed by atoms with E-state index in [1.54, 1.807) is 18.2 Å². The quantitative estimate of drug-likeness (QED) is 0.575. The summed E-state index contributed by atoms with van der Waals surface area (Å²) in [6.07, 6.45) is 0. The predicted octanol–water partition coefficient (Wildman–Crippen LogP) is 2.09. The van der Waals surface area contributed by atoms with Crippen LogP contribution in [0.5, 0.6) is 0 Å². The molecule has 1 aromatic carbocycles. The van der Waals surface area contributed by atoms with Crippen LogP contribution in [0, 0.1) is 0 Å². The molecule has 0 heterocycles. The Morgan fingerprint density at radius 2 is 2.14 bits per heavy atom. The number of rotatable bonds is 2. The van der Waals surface area contributed by atoms with Crippen LogP contribution in [0.1, 0.15) is 22.8 Å². The Morgan fingerprint density at radius 1 is 1.50 bits per heavy atom. The van der Waals surface area contributed by atoms with Gasteiger partial charge in [-0.05, 0) is 18.6 Å². The monoisotopic (exact) mass is 191 g/mol. The highest BCUT2D eigenvalue weighted by Gasteiger charge is 2.15. The van der Waals surface area contributed by atoms with Gasteiger partial charge in [0, 0.05) is 5.69 Å². The summed E-state index contributed by atoms with van der Waals surface area (Å²) in [7, 11) is 1.33. The first-order valence-corrected chi connectivity index (χ1v) is 4.20. The maximum absolute atomic E-state index is 11.4. The highest BCUT2D eigenvalue weighted by atomic mass is 16.5. The van der Waals surface area contributed by atoms with Gasteiger partial charge >= 0.3 is 5.97 Å². The summed E-state index contributed by atoms with van der Waals surface area (Å²) < 4.78 is 4.65. The fraction of sp³-hybridized carbons (Fsp3) is 0.182. The molecular weight excluding hydrogens is 178 g/mol. The van der Waals surface area contributed by atoms with Crippen molar-refractivity contribution in [2.45, 2.75) is 6.92 Å². The van der Waals surface area contributed by atoms with E-state index in [0.717, 1.165) is 11.1 Å². The molecule has 0 amide bonds. The topological polar surface area (TPSA) is 52.3 Å². The van der Waals surface area contributed by atoms with Crippen LogP contribution in [0.2, 0.25) is 0 Å². The minimum absolute atomic E-state index is 0.391. The molecule has 1 aromatic rings. The molecule has 0 spiro atoms. The average Bonchev–Trinajstić information content (AvgIpc) is 2.16. The van der Waals surface area contributed by atoms with Gasteiger partial charge in [0.15, 0.2) is 0 Å². The van der Waals surface area contributed by atoms with E-state index in [9.17, 15) is 4.79 Å². The van der Waals surface area contributed by atoms with E-state index < -0.39 is 5.97 Å². The number of methoxy groups -OCH3 is 1. The Hall–Kier alpha value is -1.77. The first-order valence-electron chi connectivity index (χ1n) is 4.20. The summed E-state index contributed by atoms with van der Waals surface area (Å²) in [5.41, 5.74) is 8.02. The Bertz CT molecular complexity index is 383. The number of allylic oxidation sites excluding steroid dienone is 1. The van der Waals surface area contributed by atoms with Gasteiger partial charge in [0.05, 0.1) is 12.7 Å². The van der Waals surface area contributed by atoms with Crippen LogP contribution in [-0.4, -0.2) is 13.1 Å². The lowest BCUT2D eigenvalue weighted by Crippen LogP contribution is -2.08. The Balaban J connectivity index is 3.36. The van der Waals surface area contributed by atoms with Crippen LogP contribution in [0.3, 0.4) is 0 Å². The standard InChI is InChI=1S/C11H13NO2/c1-7(2)8-5-4-6-9(12)10(8)11(13)14-3/h4-6H,1,12H2,2-3H3. The molecule has 3 nitrogen and oxygen atoms in total. The number of benzene rings is 1. The van der Waals surface area contributed by atoms with E-state index in [0.29, 0.717) is 11.3 Å². The molecule has 74 valence electrons. The van der Waals surface area contributed by atoms with Crippen molar-refractivity contribution in [3.8, 4) is 0 Å². The van der Waals surface area contributed by atoms with Crippen LogP contribution >= 0.6 is 0 Å². The van der Waals surface area contributed by atoms with Crippen LogP contribution in [0.4, 0.5) is 5.69 Å². The highest BCUT2D eigenvalue weighted by molar-refractivity contribution is 6.00. The fourth-order valence-electron chi connectivity index (χ4n) is 1.26. The third-order valence-electron chi connectivity index (χ3n) is 1.95. The molecule has 0 atom stereocenters. The molecule has 0 bridgehead atoms. The first-order chi connectivity index (χ1) is 6.57. The van der Waals surface area contributed by atoms with Crippen molar-refractivity contribution in [1.82, 2.24) is 0 Å². The van der Waals surface area contributed by atoms with E-state index in [-0.39, 0.29) is 0 Å². The number of nitrogen functional groups attached to an aromatic ring is 1. The third-order valence-corrected chi connectivity index (χ3v) is 1.95. The molecule has 0 radical (unpaired) electrons. The Labute approximate surface area is 83.2 Å². The molecule has 3 heteroatoms. The number of esters is 1. The van der Waals surface area contributed by atoms with Crippen LogP contribution in [0.15, 0.2) is 24.8 Å². The summed E-state index contributed by atoms with van der Waals surface area (Å²) in [4.78, 5) is 11.4. The number of anilines is 1. The van der Waals surface area contributed by atoms with E-state index in [4.69, 9.17) is 5.73 Å². The zero-order valence-corrected chi connectivity index (χ0v) is 8.33. The van der Waals surface area contributed by atoms with Gasteiger partial charge < -0.3 is 10.5 Å². The molecule has 2 N–H and O–H groups in total. The maximum atomic E-state index is 11.4. The first kappa shape index (κ1) is 10.3. The number of hydrogen-bond donors (Lipinski definition) is 1. The normalized spacial score (nSPS) is 9.57. The summed E-state index contributed by atoms with van der Waals surface area (Å²) >= 11 is 0. The zero-order chi connectivity index (χ0) is 10.7. The third kappa shape index (κ3) is 1.76. The minimum atomic E-state index is -0.430. The lowest BCUT2D eigenvalue weighted by Gasteiger charge is -2.09. The van der Waals surface area contributed by atoms with Gasteiger partial charge in [-0.3, -0.25) is 0 Å². The van der Waals surface area contributed by atoms with Crippen molar-refractivity contribution < 1.29 is 9.53 Å². The smallest absolute Gasteiger partial charge is 0.340 e. The number of ether oxygens (including phenoxy) is 1. The van der Waals surface area contributed by atoms with Crippen molar-refractivity contribution in [3.63, 3.8) is 0 Å². The van der Waals surface area contributed by atoms with Crippen LogP contribution < -0.4 is 5.73 Å². The fourth-order valence-corrected chi connectivity index (χ4v) is 1.26. The summed E-state index contributed by atoms with van der Waals surface area (Å²) in [5.74, 6) is -0.430. The SMILES string of the molecule is C=C(C)c1cccc(N)c1C(=O)OC. The average molecular weight is 191 g/mol. The van der Waals surface area contributed by atoms with Gasteiger partial charge in [-0.1, -0.05) is 24.3 Å². The number of hydrogen-bond acceptors (Lipinski definition) is 3. The predicted molar refractivity (Wildman–Crippen MR) is 56.9 cm³/mol. The summed E-state index contributed by atoms with van der Waals surface area (Å²) in [6, 6.07) is 5.25.